The highest BCUT2D eigenvalue weighted by atomic mass is 32.1. The summed E-state index contributed by atoms with van der Waals surface area (Å²) in [5, 5.41) is 31.6. The fourth-order valence-corrected chi connectivity index (χ4v) is 14.7. The molecule has 19 heteroatoms. The van der Waals surface area contributed by atoms with Crippen LogP contribution < -0.4 is 19.9 Å². The molecule has 82 heavy (non-hydrogen) atoms. The average molecular weight is 1130 g/mol. The number of piperazine rings is 1. The summed E-state index contributed by atoms with van der Waals surface area (Å²) in [6, 6.07) is 18.6. The zero-order valence-electron chi connectivity index (χ0n) is 47.8. The molecule has 0 unspecified atom stereocenters. The Labute approximate surface area is 482 Å². The van der Waals surface area contributed by atoms with E-state index < -0.39 is 23.9 Å². The largest absolute Gasteiger partial charge is 0.508 e. The minimum Gasteiger partial charge on any atom is -0.508 e. The summed E-state index contributed by atoms with van der Waals surface area (Å²) in [7, 11) is 0. The van der Waals surface area contributed by atoms with Crippen molar-refractivity contribution in [2.45, 2.75) is 135 Å². The van der Waals surface area contributed by atoms with Crippen LogP contribution in [0.25, 0.3) is 43.4 Å². The predicted octanol–water partition coefficient (Wildman–Crippen LogP) is 9.83. The second kappa shape index (κ2) is 23.5. The molecule has 17 nitrogen and oxygen atoms in total. The van der Waals surface area contributed by atoms with Gasteiger partial charge in [0.15, 0.2) is 17.4 Å². The summed E-state index contributed by atoms with van der Waals surface area (Å²) in [6.07, 6.45) is 10.2. The number of amides is 2. The molecule has 3 aromatic carbocycles. The maximum Gasteiger partial charge on any atom is 0.319 e. The number of fused-ring (bicyclic) bond motifs is 3. The third-order valence-electron chi connectivity index (χ3n) is 18.3. The van der Waals surface area contributed by atoms with Gasteiger partial charge in [0.25, 0.3) is 0 Å². The molecule has 5 saturated heterocycles. The first-order valence-corrected chi connectivity index (χ1v) is 30.6. The molecular weight excluding hydrogens is 1060 g/mol. The number of phenols is 1. The number of ether oxygens (including phenoxy) is 1. The number of aliphatic hydroxyl groups excluding tert-OH is 1. The third-order valence-corrected chi connectivity index (χ3v) is 19.3. The fourth-order valence-electron chi connectivity index (χ4n) is 13.9. The number of aryl methyl sites for hydroxylation is 2. The number of hydrogen-bond donors (Lipinski definition) is 3. The first kappa shape index (κ1) is 55.7. The number of thiazole rings is 1. The van der Waals surface area contributed by atoms with E-state index in [4.69, 9.17) is 24.2 Å². The van der Waals surface area contributed by atoms with Crippen LogP contribution in [0.1, 0.15) is 120 Å². The average Bonchev–Trinajstić information content (AvgIpc) is 3.78. The van der Waals surface area contributed by atoms with E-state index in [1.54, 1.807) is 29.7 Å². The van der Waals surface area contributed by atoms with Gasteiger partial charge in [-0.2, -0.15) is 9.97 Å². The molecule has 2 amide bonds. The van der Waals surface area contributed by atoms with Crippen molar-refractivity contribution in [2.24, 2.45) is 5.92 Å². The lowest BCUT2D eigenvalue weighted by molar-refractivity contribution is -0.141. The first-order chi connectivity index (χ1) is 39.7. The van der Waals surface area contributed by atoms with E-state index in [0.29, 0.717) is 41.0 Å². The van der Waals surface area contributed by atoms with Crippen molar-refractivity contribution in [2.75, 3.05) is 75.3 Å². The number of hydrogen-bond acceptors (Lipinski definition) is 16. The molecule has 5 fully saturated rings. The number of likely N-dealkylation sites (tertiary alicyclic amines) is 1. The number of benzene rings is 3. The Kier molecular flexibility index (Phi) is 15.9. The van der Waals surface area contributed by atoms with Crippen LogP contribution in [0.3, 0.4) is 0 Å². The number of β-amino-alcohol motifs (C(OH)–C–C–N with tert-alkyl or cyclic N) is 1. The highest BCUT2D eigenvalue weighted by molar-refractivity contribution is 7.13. The molecular formula is C63H76FN11O6S. The standard InChI is InChI=1S/C63H76FN11O6S/c1-6-41-13-11-14-44-29-46(76)30-48(54(41)44)56-55(64)57-49(33-65-56)59(73-22-9-7-8-10-23-73)69-62(68-57)80-36-63-20-12-24-75(63)45(19-21-63)34-71-25-27-72(28-26-71)52-32-51(81-70-52)53(38(2)3)61(79)74-35-47(77)31-50(74)60(78)67-39(4)42-15-17-43(18-16-42)58-40(5)66-37-82-58/h11,13-18,29-30,32-33,37-39,45,47,50,53,76-77H,6-10,12,19-28,31,34-36H2,1-5H3,(H,67,78)/t39-,45-,47+,50-,53-,63-/m0/s1. The Hall–Kier alpha value is -6.80. The second-order valence-electron chi connectivity index (χ2n) is 23.9. The molecule has 0 aliphatic carbocycles. The van der Waals surface area contributed by atoms with E-state index in [1.165, 1.54) is 4.90 Å². The zero-order chi connectivity index (χ0) is 56.8. The van der Waals surface area contributed by atoms with Gasteiger partial charge in [0.2, 0.25) is 11.8 Å². The van der Waals surface area contributed by atoms with E-state index in [-0.39, 0.29) is 65.2 Å². The predicted molar refractivity (Wildman–Crippen MR) is 317 cm³/mol. The number of carbonyl (C=O) groups is 2. The van der Waals surface area contributed by atoms with Gasteiger partial charge in [-0.15, -0.1) is 11.3 Å². The monoisotopic (exact) mass is 1130 g/mol. The van der Waals surface area contributed by atoms with E-state index in [1.807, 2.05) is 81.7 Å². The maximum atomic E-state index is 17.3. The number of aromatic hydroxyl groups is 1. The minimum absolute atomic E-state index is 0.0473. The molecule has 0 spiro atoms. The van der Waals surface area contributed by atoms with E-state index in [2.05, 4.69) is 42.0 Å². The van der Waals surface area contributed by atoms with Crippen molar-refractivity contribution in [3.8, 4) is 33.5 Å². The maximum absolute atomic E-state index is 17.3. The molecule has 432 valence electrons. The van der Waals surface area contributed by atoms with Crippen molar-refractivity contribution in [1.82, 2.24) is 45.1 Å². The highest BCUT2D eigenvalue weighted by Gasteiger charge is 2.50. The number of aromatic nitrogens is 5. The van der Waals surface area contributed by atoms with Gasteiger partial charge < -0.3 is 39.5 Å². The van der Waals surface area contributed by atoms with Crippen LogP contribution in [0.15, 0.2) is 76.9 Å². The van der Waals surface area contributed by atoms with Crippen molar-refractivity contribution in [1.29, 1.82) is 0 Å². The molecule has 5 aliphatic heterocycles. The van der Waals surface area contributed by atoms with Crippen LogP contribution in [0.2, 0.25) is 0 Å². The molecule has 7 aromatic rings. The van der Waals surface area contributed by atoms with Crippen LogP contribution >= 0.6 is 11.3 Å². The Morgan fingerprint density at radius 1 is 0.927 bits per heavy atom. The first-order valence-electron chi connectivity index (χ1n) is 29.7. The Bertz CT molecular complexity index is 3450. The number of nitrogens with zero attached hydrogens (tertiary/aromatic N) is 10. The number of phenolic OH excluding ortho intramolecular Hbond substituents is 1. The normalized spacial score (nSPS) is 22.5. The van der Waals surface area contributed by atoms with Crippen LogP contribution in [0.4, 0.5) is 16.0 Å². The van der Waals surface area contributed by atoms with Gasteiger partial charge in [-0.3, -0.25) is 24.4 Å². The molecule has 4 aromatic heterocycles. The molecule has 9 heterocycles. The van der Waals surface area contributed by atoms with Gasteiger partial charge in [-0.05, 0) is 111 Å². The number of rotatable bonds is 16. The summed E-state index contributed by atoms with van der Waals surface area (Å²) in [6.45, 7) is 17.1. The summed E-state index contributed by atoms with van der Waals surface area (Å²) in [5.74, 6) is -0.134. The van der Waals surface area contributed by atoms with Gasteiger partial charge in [-0.1, -0.05) is 81.2 Å². The van der Waals surface area contributed by atoms with Crippen LogP contribution in [0, 0.1) is 18.7 Å². The van der Waals surface area contributed by atoms with Crippen molar-refractivity contribution in [3.05, 3.63) is 101 Å². The fraction of sp³-hybridized carbons (Fsp3) is 0.508. The lowest BCUT2D eigenvalue weighted by Gasteiger charge is -2.39. The third kappa shape index (κ3) is 10.9. The quantitative estimate of drug-likeness (QED) is 0.0828. The molecule has 6 atom stereocenters. The number of anilines is 2. The minimum atomic E-state index is -0.827. The summed E-state index contributed by atoms with van der Waals surface area (Å²) < 4.78 is 30.1. The molecule has 0 bridgehead atoms. The summed E-state index contributed by atoms with van der Waals surface area (Å²) >= 11 is 1.59. The van der Waals surface area contributed by atoms with E-state index in [9.17, 15) is 19.8 Å². The molecule has 3 N–H and O–H groups in total. The Balaban J connectivity index is 0.691. The van der Waals surface area contributed by atoms with Crippen LogP contribution in [-0.4, -0.2) is 151 Å². The zero-order valence-corrected chi connectivity index (χ0v) is 48.6. The smallest absolute Gasteiger partial charge is 0.319 e. The van der Waals surface area contributed by atoms with E-state index in [0.717, 1.165) is 148 Å². The summed E-state index contributed by atoms with van der Waals surface area (Å²) in [5.41, 5.74) is 6.53. The molecule has 0 radical (unpaired) electrons. The van der Waals surface area contributed by atoms with Crippen LogP contribution in [0.5, 0.6) is 11.8 Å². The number of aliphatic hydroxyl groups is 1. The number of halogens is 1. The number of pyridine rings is 1. The van der Waals surface area contributed by atoms with Gasteiger partial charge in [-0.25, -0.2) is 9.37 Å². The van der Waals surface area contributed by atoms with Crippen molar-refractivity contribution in [3.63, 3.8) is 0 Å². The van der Waals surface area contributed by atoms with E-state index >= 15 is 4.39 Å². The van der Waals surface area contributed by atoms with Gasteiger partial charge in [0.1, 0.15) is 41.3 Å². The number of nitrogens with one attached hydrogen (secondary N) is 1. The highest BCUT2D eigenvalue weighted by Crippen LogP contribution is 2.44. The van der Waals surface area contributed by atoms with Crippen LogP contribution in [-0.2, 0) is 16.0 Å². The lowest BCUT2D eigenvalue weighted by atomic mass is 9.91. The van der Waals surface area contributed by atoms with Gasteiger partial charge >= 0.3 is 6.01 Å². The molecule has 5 aliphatic rings. The van der Waals surface area contributed by atoms with Gasteiger partial charge in [0.05, 0.1) is 39.2 Å². The Morgan fingerprint density at radius 2 is 1.72 bits per heavy atom. The molecule has 12 rings (SSSR count). The van der Waals surface area contributed by atoms with Crippen molar-refractivity contribution >= 4 is 56.5 Å². The lowest BCUT2D eigenvalue weighted by Crippen LogP contribution is -2.53. The number of carbonyl (C=O) groups excluding carboxylic acids is 2. The summed E-state index contributed by atoms with van der Waals surface area (Å²) in [4.78, 5) is 59.8. The second-order valence-corrected chi connectivity index (χ2v) is 24.7. The van der Waals surface area contributed by atoms with Crippen molar-refractivity contribution < 1.29 is 33.5 Å². The topological polar surface area (TPSA) is 190 Å². The molecule has 0 saturated carbocycles. The Morgan fingerprint density at radius 3 is 2.46 bits per heavy atom. The SMILES string of the molecule is CCc1cccc2cc(O)cc(-c3ncc4c(N5CCCCCC5)nc(OC[C@@]56CCCN5[C@H](CN5CCN(c7cc([C@@H](C(=O)N8C[C@H](O)C[C@H]8C(=O)N[C@@H](C)c8ccc(-c9scnc9C)cc8)C(C)C)on7)CC5)CC6)nc4c3F)c12. The van der Waals surface area contributed by atoms with Gasteiger partial charge in [0, 0.05) is 82.6 Å².